The molecule has 1 amide bonds. The van der Waals surface area contributed by atoms with Crippen LogP contribution in [0, 0.1) is 0 Å². The standard InChI is InChI=1S/C15H18BrNO3/c1-3-15(19)9-17(10-15)14(18)7-4-11-8-12(16)5-6-13(11)20-2/h4-8,19H,3,9-10H2,1-2H3. The molecule has 5 heteroatoms. The van der Waals surface area contributed by atoms with Crippen LogP contribution < -0.4 is 4.74 Å². The quantitative estimate of drug-likeness (QED) is 0.857. The minimum Gasteiger partial charge on any atom is -0.496 e. The van der Waals surface area contributed by atoms with Gasteiger partial charge in [0.1, 0.15) is 5.75 Å². The summed E-state index contributed by atoms with van der Waals surface area (Å²) in [6.07, 6.45) is 3.91. The van der Waals surface area contributed by atoms with Crippen molar-refractivity contribution >= 4 is 27.9 Å². The molecule has 0 aromatic heterocycles. The molecular formula is C15H18BrNO3. The number of rotatable bonds is 4. The summed E-state index contributed by atoms with van der Waals surface area (Å²) in [7, 11) is 1.60. The van der Waals surface area contributed by atoms with E-state index >= 15 is 0 Å². The lowest BCUT2D eigenvalue weighted by Crippen LogP contribution is -2.62. The minimum absolute atomic E-state index is 0.0925. The Labute approximate surface area is 127 Å². The number of ether oxygens (including phenoxy) is 1. The van der Waals surface area contributed by atoms with Crippen LogP contribution >= 0.6 is 15.9 Å². The van der Waals surface area contributed by atoms with Crippen molar-refractivity contribution in [3.05, 3.63) is 34.3 Å². The summed E-state index contributed by atoms with van der Waals surface area (Å²) in [5.74, 6) is 0.621. The Balaban J connectivity index is 2.03. The Hall–Kier alpha value is -1.33. The first kappa shape index (κ1) is 15.1. The van der Waals surface area contributed by atoms with Gasteiger partial charge in [0.25, 0.3) is 0 Å². The predicted molar refractivity (Wildman–Crippen MR) is 81.5 cm³/mol. The fourth-order valence-electron chi connectivity index (χ4n) is 2.15. The third-order valence-electron chi connectivity index (χ3n) is 3.54. The van der Waals surface area contributed by atoms with E-state index in [9.17, 15) is 9.90 Å². The number of likely N-dealkylation sites (tertiary alicyclic amines) is 1. The molecule has 1 aliphatic heterocycles. The van der Waals surface area contributed by atoms with Gasteiger partial charge >= 0.3 is 0 Å². The van der Waals surface area contributed by atoms with Crippen LogP contribution in [0.5, 0.6) is 5.75 Å². The fourth-order valence-corrected chi connectivity index (χ4v) is 2.52. The van der Waals surface area contributed by atoms with E-state index in [0.717, 1.165) is 10.0 Å². The molecule has 2 rings (SSSR count). The summed E-state index contributed by atoms with van der Waals surface area (Å²) < 4.78 is 6.17. The highest BCUT2D eigenvalue weighted by atomic mass is 79.9. The summed E-state index contributed by atoms with van der Waals surface area (Å²) in [5.41, 5.74) is 0.137. The van der Waals surface area contributed by atoms with Gasteiger partial charge in [-0.1, -0.05) is 22.9 Å². The van der Waals surface area contributed by atoms with Gasteiger partial charge in [0.15, 0.2) is 0 Å². The minimum atomic E-state index is -0.697. The Morgan fingerprint density at radius 2 is 2.25 bits per heavy atom. The molecule has 1 aliphatic rings. The number of β-amino-alcohol motifs (C(OH)–C–C–N with tert-alkyl or cyclic N) is 1. The number of aliphatic hydroxyl groups is 1. The number of benzene rings is 1. The predicted octanol–water partition coefficient (Wildman–Crippen LogP) is 2.45. The van der Waals surface area contributed by atoms with Gasteiger partial charge in [0.05, 0.1) is 25.8 Å². The second-order valence-electron chi connectivity index (χ2n) is 4.99. The summed E-state index contributed by atoms with van der Waals surface area (Å²) in [6, 6.07) is 5.61. The maximum atomic E-state index is 12.0. The average Bonchev–Trinajstić information content (AvgIpc) is 2.41. The highest BCUT2D eigenvalue weighted by molar-refractivity contribution is 9.10. The van der Waals surface area contributed by atoms with Crippen LogP contribution in [0.2, 0.25) is 0 Å². The molecule has 4 nitrogen and oxygen atoms in total. The van der Waals surface area contributed by atoms with Crippen molar-refractivity contribution in [3.8, 4) is 5.75 Å². The molecule has 20 heavy (non-hydrogen) atoms. The molecule has 0 bridgehead atoms. The average molecular weight is 340 g/mol. The van der Waals surface area contributed by atoms with Gasteiger partial charge in [-0.3, -0.25) is 4.79 Å². The fraction of sp³-hybridized carbons (Fsp3) is 0.400. The molecule has 0 atom stereocenters. The summed E-state index contributed by atoms with van der Waals surface area (Å²) in [6.45, 7) is 2.73. The van der Waals surface area contributed by atoms with E-state index in [-0.39, 0.29) is 5.91 Å². The van der Waals surface area contributed by atoms with Crippen LogP contribution in [0.3, 0.4) is 0 Å². The first-order valence-electron chi connectivity index (χ1n) is 6.50. The van der Waals surface area contributed by atoms with E-state index in [1.807, 2.05) is 25.1 Å². The lowest BCUT2D eigenvalue weighted by molar-refractivity contribution is -0.150. The largest absolute Gasteiger partial charge is 0.496 e. The van der Waals surface area contributed by atoms with Crippen LogP contribution in [-0.4, -0.2) is 41.7 Å². The summed E-state index contributed by atoms with van der Waals surface area (Å²) in [4.78, 5) is 13.6. The number of amides is 1. The monoisotopic (exact) mass is 339 g/mol. The molecule has 0 unspecified atom stereocenters. The Morgan fingerprint density at radius 3 is 2.85 bits per heavy atom. The first-order chi connectivity index (χ1) is 9.47. The number of carbonyl (C=O) groups is 1. The van der Waals surface area contributed by atoms with Crippen molar-refractivity contribution in [1.29, 1.82) is 0 Å². The molecule has 1 aromatic carbocycles. The lowest BCUT2D eigenvalue weighted by Gasteiger charge is -2.45. The zero-order valence-corrected chi connectivity index (χ0v) is 13.2. The van der Waals surface area contributed by atoms with Crippen LogP contribution in [0.4, 0.5) is 0 Å². The van der Waals surface area contributed by atoms with Crippen molar-refractivity contribution in [3.63, 3.8) is 0 Å². The maximum absolute atomic E-state index is 12.0. The molecule has 0 aliphatic carbocycles. The van der Waals surface area contributed by atoms with Crippen molar-refractivity contribution in [2.24, 2.45) is 0 Å². The highest BCUT2D eigenvalue weighted by Crippen LogP contribution is 2.26. The van der Waals surface area contributed by atoms with Gasteiger partial charge < -0.3 is 14.7 Å². The lowest BCUT2D eigenvalue weighted by atomic mass is 9.91. The van der Waals surface area contributed by atoms with Gasteiger partial charge in [0.2, 0.25) is 5.91 Å². The molecule has 0 radical (unpaired) electrons. The molecular weight excluding hydrogens is 322 g/mol. The van der Waals surface area contributed by atoms with Crippen LogP contribution in [0.25, 0.3) is 6.08 Å². The zero-order valence-electron chi connectivity index (χ0n) is 11.6. The molecule has 1 N–H and O–H groups in total. The van der Waals surface area contributed by atoms with Crippen molar-refractivity contribution < 1.29 is 14.6 Å². The van der Waals surface area contributed by atoms with Crippen LogP contribution in [0.15, 0.2) is 28.7 Å². The van der Waals surface area contributed by atoms with Crippen LogP contribution in [-0.2, 0) is 4.79 Å². The number of hydrogen-bond acceptors (Lipinski definition) is 3. The Bertz CT molecular complexity index is 536. The molecule has 0 spiro atoms. The van der Waals surface area contributed by atoms with Gasteiger partial charge in [-0.2, -0.15) is 0 Å². The van der Waals surface area contributed by atoms with Gasteiger partial charge in [-0.05, 0) is 30.7 Å². The van der Waals surface area contributed by atoms with Crippen molar-refractivity contribution in [2.45, 2.75) is 18.9 Å². The van der Waals surface area contributed by atoms with Crippen LogP contribution in [0.1, 0.15) is 18.9 Å². The normalized spacial score (nSPS) is 17.1. The summed E-state index contributed by atoms with van der Waals surface area (Å²) >= 11 is 3.39. The van der Waals surface area contributed by atoms with Crippen molar-refractivity contribution in [2.75, 3.05) is 20.2 Å². The Kier molecular flexibility index (Phi) is 4.50. The van der Waals surface area contributed by atoms with E-state index in [0.29, 0.717) is 25.3 Å². The van der Waals surface area contributed by atoms with Gasteiger partial charge in [-0.25, -0.2) is 0 Å². The highest BCUT2D eigenvalue weighted by Gasteiger charge is 2.41. The van der Waals surface area contributed by atoms with Gasteiger partial charge in [-0.15, -0.1) is 0 Å². The van der Waals surface area contributed by atoms with E-state index in [4.69, 9.17) is 4.74 Å². The number of hydrogen-bond donors (Lipinski definition) is 1. The molecule has 1 aromatic rings. The van der Waals surface area contributed by atoms with E-state index in [1.165, 1.54) is 6.08 Å². The SMILES string of the molecule is CCC1(O)CN(C(=O)C=Cc2cc(Br)ccc2OC)C1. The second kappa shape index (κ2) is 5.97. The van der Waals surface area contributed by atoms with Crippen molar-refractivity contribution in [1.82, 2.24) is 4.90 Å². The van der Waals surface area contributed by atoms with E-state index < -0.39 is 5.60 Å². The van der Waals surface area contributed by atoms with E-state index in [1.54, 1.807) is 18.1 Å². The number of carbonyl (C=O) groups excluding carboxylic acids is 1. The topological polar surface area (TPSA) is 49.8 Å². The third kappa shape index (κ3) is 3.22. The molecule has 1 fully saturated rings. The molecule has 108 valence electrons. The second-order valence-corrected chi connectivity index (χ2v) is 5.91. The zero-order chi connectivity index (χ0) is 14.8. The molecule has 1 saturated heterocycles. The molecule has 0 saturated carbocycles. The smallest absolute Gasteiger partial charge is 0.246 e. The molecule has 1 heterocycles. The third-order valence-corrected chi connectivity index (χ3v) is 4.03. The first-order valence-corrected chi connectivity index (χ1v) is 7.29. The number of methoxy groups -OCH3 is 1. The number of nitrogens with zero attached hydrogens (tertiary/aromatic N) is 1. The van der Waals surface area contributed by atoms with Gasteiger partial charge in [0, 0.05) is 16.1 Å². The summed E-state index contributed by atoms with van der Waals surface area (Å²) in [5, 5.41) is 9.90. The Morgan fingerprint density at radius 1 is 1.55 bits per heavy atom. The van der Waals surface area contributed by atoms with E-state index in [2.05, 4.69) is 15.9 Å². The maximum Gasteiger partial charge on any atom is 0.246 e. The number of halogens is 1.